The van der Waals surface area contributed by atoms with E-state index >= 15 is 0 Å². The van der Waals surface area contributed by atoms with Gasteiger partial charge in [-0.2, -0.15) is 5.26 Å². The molecular weight excluding hydrogens is 274 g/mol. The second-order valence-electron chi connectivity index (χ2n) is 2.94. The number of ether oxygens (including phenoxy) is 1. The molecule has 0 aliphatic heterocycles. The van der Waals surface area contributed by atoms with Crippen LogP contribution in [0.1, 0.15) is 28.4 Å². The molecule has 5 heteroatoms. The second-order valence-corrected chi connectivity index (χ2v) is 3.79. The van der Waals surface area contributed by atoms with Crippen molar-refractivity contribution in [2.75, 3.05) is 6.61 Å². The average Bonchev–Trinajstić information content (AvgIpc) is 2.28. The number of nitriles is 1. The van der Waals surface area contributed by atoms with Crippen molar-refractivity contribution in [1.82, 2.24) is 0 Å². The van der Waals surface area contributed by atoms with Crippen LogP contribution in [0.25, 0.3) is 0 Å². The normalized spacial score (nSPS) is 9.62. The summed E-state index contributed by atoms with van der Waals surface area (Å²) in [5.41, 5.74) is 0.771. The predicted molar refractivity (Wildman–Crippen MR) is 60.7 cm³/mol. The summed E-state index contributed by atoms with van der Waals surface area (Å²) in [4.78, 5) is 11.6. The van der Waals surface area contributed by atoms with Crippen molar-refractivity contribution in [2.24, 2.45) is 0 Å². The Kier molecular flexibility index (Phi) is 4.47. The van der Waals surface area contributed by atoms with Crippen LogP contribution in [0, 0.1) is 11.3 Å². The number of aliphatic hydroxyl groups is 1. The zero-order chi connectivity index (χ0) is 12.1. The lowest BCUT2D eigenvalue weighted by atomic mass is 10.0. The molecule has 4 nitrogen and oxygen atoms in total. The third-order valence-corrected chi connectivity index (χ3v) is 2.68. The molecule has 0 fully saturated rings. The molecule has 1 aromatic carbocycles. The Hall–Kier alpha value is -1.38. The first kappa shape index (κ1) is 12.7. The lowest BCUT2D eigenvalue weighted by Gasteiger charge is -2.10. The van der Waals surface area contributed by atoms with Crippen LogP contribution < -0.4 is 0 Å². The quantitative estimate of drug-likeness (QED) is 0.862. The van der Waals surface area contributed by atoms with Gasteiger partial charge in [-0.15, -0.1) is 0 Å². The summed E-state index contributed by atoms with van der Waals surface area (Å²) in [7, 11) is 0. The molecule has 0 spiro atoms. The molecule has 16 heavy (non-hydrogen) atoms. The molecule has 0 amide bonds. The Labute approximate surface area is 102 Å². The smallest absolute Gasteiger partial charge is 0.339 e. The Morgan fingerprint density at radius 3 is 2.81 bits per heavy atom. The summed E-state index contributed by atoms with van der Waals surface area (Å²) in [6, 6.07) is 5.05. The van der Waals surface area contributed by atoms with E-state index in [0.29, 0.717) is 4.47 Å². The van der Waals surface area contributed by atoms with Gasteiger partial charge >= 0.3 is 5.97 Å². The van der Waals surface area contributed by atoms with Gasteiger partial charge in [-0.25, -0.2) is 4.79 Å². The van der Waals surface area contributed by atoms with Gasteiger partial charge in [-0.3, -0.25) is 0 Å². The molecule has 0 saturated carbocycles. The van der Waals surface area contributed by atoms with Crippen LogP contribution in [0.2, 0.25) is 0 Å². The molecule has 0 heterocycles. The molecule has 84 valence electrons. The van der Waals surface area contributed by atoms with E-state index in [0.717, 1.165) is 0 Å². The minimum absolute atomic E-state index is 0.211. The Bertz CT molecular complexity index is 451. The van der Waals surface area contributed by atoms with Gasteiger partial charge in [0.1, 0.15) is 0 Å². The van der Waals surface area contributed by atoms with E-state index in [4.69, 9.17) is 10.00 Å². The molecule has 0 aromatic heterocycles. The Morgan fingerprint density at radius 1 is 1.62 bits per heavy atom. The molecule has 0 aliphatic rings. The van der Waals surface area contributed by atoms with E-state index in [2.05, 4.69) is 15.9 Å². The number of esters is 1. The van der Waals surface area contributed by atoms with E-state index in [9.17, 15) is 9.90 Å². The van der Waals surface area contributed by atoms with Crippen LogP contribution in [-0.4, -0.2) is 17.7 Å². The summed E-state index contributed by atoms with van der Waals surface area (Å²) >= 11 is 3.20. The van der Waals surface area contributed by atoms with Crippen LogP contribution >= 0.6 is 15.9 Å². The van der Waals surface area contributed by atoms with Gasteiger partial charge in [0.15, 0.2) is 0 Å². The number of hydrogen-bond acceptors (Lipinski definition) is 4. The maximum Gasteiger partial charge on any atom is 0.339 e. The van der Waals surface area contributed by atoms with E-state index in [1.807, 2.05) is 6.07 Å². The second kappa shape index (κ2) is 5.64. The van der Waals surface area contributed by atoms with Crippen molar-refractivity contribution >= 4 is 21.9 Å². The van der Waals surface area contributed by atoms with Gasteiger partial charge in [0, 0.05) is 10.0 Å². The number of nitrogens with zero attached hydrogens (tertiary/aromatic N) is 1. The molecule has 0 atom stereocenters. The van der Waals surface area contributed by atoms with E-state index in [1.54, 1.807) is 19.1 Å². The van der Waals surface area contributed by atoms with Crippen LogP contribution in [0.3, 0.4) is 0 Å². The van der Waals surface area contributed by atoms with Crippen molar-refractivity contribution in [3.05, 3.63) is 33.3 Å². The van der Waals surface area contributed by atoms with Crippen LogP contribution in [0.5, 0.6) is 0 Å². The van der Waals surface area contributed by atoms with Crippen molar-refractivity contribution in [3.8, 4) is 6.07 Å². The van der Waals surface area contributed by atoms with Crippen LogP contribution in [0.15, 0.2) is 16.6 Å². The number of rotatable bonds is 3. The Balaban J connectivity index is 3.35. The molecule has 0 bridgehead atoms. The third kappa shape index (κ3) is 2.40. The number of halogens is 1. The molecule has 0 unspecified atom stereocenters. The number of benzene rings is 1. The molecule has 1 rings (SSSR count). The van der Waals surface area contributed by atoms with Gasteiger partial charge in [-0.1, -0.05) is 0 Å². The molecule has 0 aliphatic carbocycles. The molecule has 0 radical (unpaired) electrons. The minimum atomic E-state index is -0.546. The first-order valence-electron chi connectivity index (χ1n) is 4.65. The maximum atomic E-state index is 11.6. The van der Waals surface area contributed by atoms with Crippen LogP contribution in [-0.2, 0) is 11.3 Å². The average molecular weight is 284 g/mol. The highest BCUT2D eigenvalue weighted by Crippen LogP contribution is 2.24. The lowest BCUT2D eigenvalue weighted by Crippen LogP contribution is -2.10. The van der Waals surface area contributed by atoms with Gasteiger partial charge in [0.25, 0.3) is 0 Å². The molecule has 1 N–H and O–H groups in total. The Morgan fingerprint density at radius 2 is 2.31 bits per heavy atom. The fraction of sp³-hybridized carbons (Fsp3) is 0.273. The van der Waals surface area contributed by atoms with Gasteiger partial charge in [0.2, 0.25) is 0 Å². The number of carbonyl (C=O) groups excluding carboxylic acids is 1. The van der Waals surface area contributed by atoms with Crippen molar-refractivity contribution < 1.29 is 14.6 Å². The molecular formula is C11H10BrNO3. The van der Waals surface area contributed by atoms with Gasteiger partial charge in [0.05, 0.1) is 30.4 Å². The van der Waals surface area contributed by atoms with E-state index < -0.39 is 5.97 Å². The third-order valence-electron chi connectivity index (χ3n) is 2.02. The summed E-state index contributed by atoms with van der Waals surface area (Å²) in [6.45, 7) is 1.56. The predicted octanol–water partition coefficient (Wildman–Crippen LogP) is 1.99. The monoisotopic (exact) mass is 283 g/mol. The number of hydrogen-bond donors (Lipinski definition) is 1. The fourth-order valence-corrected chi connectivity index (χ4v) is 1.85. The van der Waals surface area contributed by atoms with Gasteiger partial charge < -0.3 is 9.84 Å². The van der Waals surface area contributed by atoms with Crippen LogP contribution in [0.4, 0.5) is 0 Å². The summed E-state index contributed by atoms with van der Waals surface area (Å²) in [5.74, 6) is -0.546. The summed E-state index contributed by atoms with van der Waals surface area (Å²) in [5, 5.41) is 18.0. The topological polar surface area (TPSA) is 70.3 Å². The minimum Gasteiger partial charge on any atom is -0.462 e. The van der Waals surface area contributed by atoms with Crippen molar-refractivity contribution in [2.45, 2.75) is 13.5 Å². The highest BCUT2D eigenvalue weighted by molar-refractivity contribution is 9.10. The number of aliphatic hydroxyl groups excluding tert-OH is 1. The number of carbonyl (C=O) groups is 1. The standard InChI is InChI=1S/C11H10BrNO3/c1-2-16-11(15)10-8(6-14)7(5-13)3-4-9(10)12/h3-4,14H,2,6H2,1H3. The van der Waals surface area contributed by atoms with Crippen molar-refractivity contribution in [1.29, 1.82) is 5.26 Å². The zero-order valence-corrected chi connectivity index (χ0v) is 10.2. The largest absolute Gasteiger partial charge is 0.462 e. The van der Waals surface area contributed by atoms with E-state index in [-0.39, 0.29) is 29.9 Å². The summed E-state index contributed by atoms with van der Waals surface area (Å²) in [6.07, 6.45) is 0. The highest BCUT2D eigenvalue weighted by Gasteiger charge is 2.19. The maximum absolute atomic E-state index is 11.6. The molecule has 1 aromatic rings. The van der Waals surface area contributed by atoms with Crippen molar-refractivity contribution in [3.63, 3.8) is 0 Å². The lowest BCUT2D eigenvalue weighted by molar-refractivity contribution is 0.0521. The first-order valence-corrected chi connectivity index (χ1v) is 5.44. The summed E-state index contributed by atoms with van der Waals surface area (Å²) < 4.78 is 5.37. The fourth-order valence-electron chi connectivity index (χ4n) is 1.31. The first-order chi connectivity index (χ1) is 7.65. The van der Waals surface area contributed by atoms with E-state index in [1.165, 1.54) is 0 Å². The SMILES string of the molecule is CCOC(=O)c1c(Br)ccc(C#N)c1CO. The molecule has 0 saturated heterocycles. The zero-order valence-electron chi connectivity index (χ0n) is 8.66. The highest BCUT2D eigenvalue weighted by atomic mass is 79.9. The van der Waals surface area contributed by atoms with Gasteiger partial charge in [-0.05, 0) is 35.0 Å².